The number of benzene rings is 1. The molecule has 0 saturated carbocycles. The van der Waals surface area contributed by atoms with Crippen LogP contribution in [0.1, 0.15) is 6.42 Å². The van der Waals surface area contributed by atoms with Crippen LogP contribution >= 0.6 is 15.9 Å². The first-order chi connectivity index (χ1) is 7.05. The van der Waals surface area contributed by atoms with Gasteiger partial charge in [0, 0.05) is 16.2 Å². The fourth-order valence-electron chi connectivity index (χ4n) is 1.72. The second-order valence-corrected chi connectivity index (χ2v) is 6.90. The summed E-state index contributed by atoms with van der Waals surface area (Å²) in [6, 6.07) is 7.82. The van der Waals surface area contributed by atoms with Crippen molar-refractivity contribution in [3.8, 4) is 0 Å². The van der Waals surface area contributed by atoms with E-state index in [0.717, 1.165) is 10.2 Å². The van der Waals surface area contributed by atoms with Gasteiger partial charge in [-0.3, -0.25) is 0 Å². The second kappa shape index (κ2) is 4.14. The van der Waals surface area contributed by atoms with E-state index in [-0.39, 0.29) is 11.8 Å². The highest BCUT2D eigenvalue weighted by Gasteiger charge is 2.27. The fourth-order valence-corrected chi connectivity index (χ4v) is 3.80. The lowest BCUT2D eigenvalue weighted by atomic mass is 10.2. The van der Waals surface area contributed by atoms with Crippen LogP contribution < -0.4 is 5.32 Å². The molecule has 1 N–H and O–H groups in total. The summed E-state index contributed by atoms with van der Waals surface area (Å²) in [5.41, 5.74) is 0.964. The van der Waals surface area contributed by atoms with Crippen LogP contribution in [0.25, 0.3) is 0 Å². The molecule has 0 amide bonds. The van der Waals surface area contributed by atoms with Crippen molar-refractivity contribution in [2.45, 2.75) is 12.5 Å². The van der Waals surface area contributed by atoms with Gasteiger partial charge in [0.2, 0.25) is 0 Å². The molecule has 1 aromatic carbocycles. The van der Waals surface area contributed by atoms with Crippen LogP contribution in [0.3, 0.4) is 0 Å². The van der Waals surface area contributed by atoms with E-state index in [1.807, 2.05) is 24.3 Å². The van der Waals surface area contributed by atoms with E-state index in [0.29, 0.717) is 12.2 Å². The first kappa shape index (κ1) is 11.0. The average Bonchev–Trinajstić information content (AvgIpc) is 2.45. The van der Waals surface area contributed by atoms with Crippen molar-refractivity contribution in [2.75, 3.05) is 16.8 Å². The van der Waals surface area contributed by atoms with E-state index in [2.05, 4.69) is 21.2 Å². The van der Waals surface area contributed by atoms with Crippen LogP contribution in [-0.2, 0) is 9.84 Å². The van der Waals surface area contributed by atoms with Crippen LogP contribution in [0, 0.1) is 0 Å². The highest BCUT2D eigenvalue weighted by molar-refractivity contribution is 9.10. The van der Waals surface area contributed by atoms with E-state index in [4.69, 9.17) is 0 Å². The molecule has 82 valence electrons. The van der Waals surface area contributed by atoms with Gasteiger partial charge in [-0.25, -0.2) is 8.42 Å². The lowest BCUT2D eigenvalue weighted by molar-refractivity contribution is 0.602. The largest absolute Gasteiger partial charge is 0.381 e. The average molecular weight is 290 g/mol. The van der Waals surface area contributed by atoms with Crippen molar-refractivity contribution in [2.24, 2.45) is 0 Å². The molecule has 1 aromatic rings. The monoisotopic (exact) mass is 289 g/mol. The van der Waals surface area contributed by atoms with Crippen LogP contribution in [0.4, 0.5) is 5.69 Å². The summed E-state index contributed by atoms with van der Waals surface area (Å²) >= 11 is 3.38. The number of nitrogens with one attached hydrogen (secondary N) is 1. The van der Waals surface area contributed by atoms with E-state index in [1.165, 1.54) is 0 Å². The molecule has 1 aliphatic heterocycles. The van der Waals surface area contributed by atoms with Gasteiger partial charge in [0.1, 0.15) is 0 Å². The number of anilines is 1. The Balaban J connectivity index is 2.05. The Morgan fingerprint density at radius 1 is 1.40 bits per heavy atom. The predicted molar refractivity (Wildman–Crippen MR) is 64.8 cm³/mol. The first-order valence-electron chi connectivity index (χ1n) is 4.78. The van der Waals surface area contributed by atoms with Crippen LogP contribution in [0.5, 0.6) is 0 Å². The van der Waals surface area contributed by atoms with Crippen LogP contribution in [0.15, 0.2) is 28.7 Å². The van der Waals surface area contributed by atoms with Gasteiger partial charge in [0.05, 0.1) is 11.5 Å². The van der Waals surface area contributed by atoms with Crippen molar-refractivity contribution in [1.29, 1.82) is 0 Å². The number of halogens is 1. The number of rotatable bonds is 2. The first-order valence-corrected chi connectivity index (χ1v) is 7.39. The summed E-state index contributed by atoms with van der Waals surface area (Å²) in [6.45, 7) is 0. The van der Waals surface area contributed by atoms with Gasteiger partial charge in [0.15, 0.2) is 9.84 Å². The zero-order valence-electron chi connectivity index (χ0n) is 8.11. The molecule has 1 unspecified atom stereocenters. The van der Waals surface area contributed by atoms with Crippen molar-refractivity contribution >= 4 is 31.5 Å². The fraction of sp³-hybridized carbons (Fsp3) is 0.400. The summed E-state index contributed by atoms with van der Waals surface area (Å²) < 4.78 is 23.5. The third kappa shape index (κ3) is 2.95. The molecule has 0 radical (unpaired) electrons. The van der Waals surface area contributed by atoms with Gasteiger partial charge in [-0.2, -0.15) is 0 Å². The Morgan fingerprint density at radius 2 is 2.20 bits per heavy atom. The standard InChI is InChI=1S/C10H12BrNO2S/c11-8-2-1-3-9(6-8)12-10-4-5-15(13,14)7-10/h1-3,6,10,12H,4-5,7H2. The third-order valence-corrected chi connectivity index (χ3v) is 4.69. The van der Waals surface area contributed by atoms with Gasteiger partial charge in [-0.1, -0.05) is 22.0 Å². The van der Waals surface area contributed by atoms with E-state index < -0.39 is 9.84 Å². The van der Waals surface area contributed by atoms with Crippen molar-refractivity contribution in [3.63, 3.8) is 0 Å². The maximum Gasteiger partial charge on any atom is 0.152 e. The number of sulfone groups is 1. The van der Waals surface area contributed by atoms with Crippen molar-refractivity contribution in [3.05, 3.63) is 28.7 Å². The van der Waals surface area contributed by atoms with E-state index in [9.17, 15) is 8.42 Å². The molecule has 15 heavy (non-hydrogen) atoms. The molecule has 1 atom stereocenters. The maximum absolute atomic E-state index is 11.2. The summed E-state index contributed by atoms with van der Waals surface area (Å²) in [6.07, 6.45) is 0.703. The lowest BCUT2D eigenvalue weighted by Gasteiger charge is -2.12. The molecule has 0 aromatic heterocycles. The third-order valence-electron chi connectivity index (χ3n) is 2.43. The number of hydrogen-bond acceptors (Lipinski definition) is 3. The molecule has 1 aliphatic rings. The molecule has 1 fully saturated rings. The van der Waals surface area contributed by atoms with E-state index in [1.54, 1.807) is 0 Å². The summed E-state index contributed by atoms with van der Waals surface area (Å²) in [7, 11) is -2.80. The molecule has 0 spiro atoms. The summed E-state index contributed by atoms with van der Waals surface area (Å²) in [5.74, 6) is 0.554. The Bertz CT molecular complexity index is 458. The van der Waals surface area contributed by atoms with Gasteiger partial charge in [-0.15, -0.1) is 0 Å². The van der Waals surface area contributed by atoms with Gasteiger partial charge >= 0.3 is 0 Å². The molecule has 3 nitrogen and oxygen atoms in total. The van der Waals surface area contributed by atoms with Gasteiger partial charge < -0.3 is 5.32 Å². The minimum absolute atomic E-state index is 0.0595. The molecule has 1 saturated heterocycles. The minimum Gasteiger partial charge on any atom is -0.381 e. The van der Waals surface area contributed by atoms with Crippen LogP contribution in [-0.4, -0.2) is 26.0 Å². The summed E-state index contributed by atoms with van der Waals surface area (Å²) in [5, 5.41) is 3.23. The molecule has 0 aliphatic carbocycles. The van der Waals surface area contributed by atoms with Gasteiger partial charge in [0.25, 0.3) is 0 Å². The summed E-state index contributed by atoms with van der Waals surface area (Å²) in [4.78, 5) is 0. The second-order valence-electron chi connectivity index (χ2n) is 3.75. The van der Waals surface area contributed by atoms with Crippen LogP contribution in [0.2, 0.25) is 0 Å². The molecular weight excluding hydrogens is 278 g/mol. The lowest BCUT2D eigenvalue weighted by Crippen LogP contribution is -2.20. The molecule has 5 heteroatoms. The quantitative estimate of drug-likeness (QED) is 0.906. The van der Waals surface area contributed by atoms with Crippen molar-refractivity contribution < 1.29 is 8.42 Å². The normalized spacial score (nSPS) is 23.9. The Labute approximate surface area is 97.9 Å². The zero-order valence-corrected chi connectivity index (χ0v) is 10.5. The topological polar surface area (TPSA) is 46.2 Å². The van der Waals surface area contributed by atoms with Crippen molar-refractivity contribution in [1.82, 2.24) is 0 Å². The maximum atomic E-state index is 11.2. The molecule has 2 rings (SSSR count). The highest BCUT2D eigenvalue weighted by atomic mass is 79.9. The molecule has 1 heterocycles. The predicted octanol–water partition coefficient (Wildman–Crippen LogP) is 2.05. The molecular formula is C10H12BrNO2S. The molecule has 0 bridgehead atoms. The Kier molecular flexibility index (Phi) is 3.02. The Morgan fingerprint density at radius 3 is 2.80 bits per heavy atom. The number of hydrogen-bond donors (Lipinski definition) is 1. The van der Waals surface area contributed by atoms with Gasteiger partial charge in [-0.05, 0) is 24.6 Å². The zero-order chi connectivity index (χ0) is 10.9. The van der Waals surface area contributed by atoms with E-state index >= 15 is 0 Å². The smallest absolute Gasteiger partial charge is 0.152 e. The highest BCUT2D eigenvalue weighted by Crippen LogP contribution is 2.20. The minimum atomic E-state index is -2.80. The SMILES string of the molecule is O=S1(=O)CCC(Nc2cccc(Br)c2)C1. The Hall–Kier alpha value is -0.550.